The van der Waals surface area contributed by atoms with Gasteiger partial charge in [-0.15, -0.1) is 0 Å². The highest BCUT2D eigenvalue weighted by Gasteiger charge is 2.20. The fraction of sp³-hybridized carbons (Fsp3) is 0. The number of hydrogen-bond acceptors (Lipinski definition) is 2. The van der Waals surface area contributed by atoms with Crippen LogP contribution in [0.3, 0.4) is 0 Å². The van der Waals surface area contributed by atoms with Gasteiger partial charge in [-0.1, -0.05) is 48.2 Å². The summed E-state index contributed by atoms with van der Waals surface area (Å²) in [5.74, 6) is 0. The molecule has 0 saturated heterocycles. The van der Waals surface area contributed by atoms with E-state index in [0.29, 0.717) is 0 Å². The lowest BCUT2D eigenvalue weighted by atomic mass is 10.2. The minimum atomic E-state index is 1.17. The molecule has 1 aliphatic rings. The van der Waals surface area contributed by atoms with E-state index in [1.165, 1.54) is 21.2 Å². The molecule has 0 amide bonds. The summed E-state index contributed by atoms with van der Waals surface area (Å²) < 4.78 is 0. The molecule has 0 atom stereocenters. The van der Waals surface area contributed by atoms with Crippen molar-refractivity contribution in [1.82, 2.24) is 0 Å². The molecule has 1 aliphatic heterocycles. The normalized spacial score (nSPS) is 12.9. The van der Waals surface area contributed by atoms with Crippen molar-refractivity contribution in [3.8, 4) is 0 Å². The van der Waals surface area contributed by atoms with Gasteiger partial charge in [-0.25, -0.2) is 0 Å². The largest absolute Gasteiger partial charge is 0.305 e. The molecule has 2 aromatic carbocycles. The summed E-state index contributed by atoms with van der Waals surface area (Å²) in [5.41, 5.74) is 4.04. The smallest absolute Gasteiger partial charge is 0.0732 e. The zero-order chi connectivity index (χ0) is 11.0. The van der Waals surface area contributed by atoms with Crippen molar-refractivity contribution < 1.29 is 0 Å². The SMILES string of the molecule is S=CN1c2ccccc2Sc2ccccc21. The molecule has 3 rings (SSSR count). The van der Waals surface area contributed by atoms with Crippen LogP contribution >= 0.6 is 24.0 Å². The fourth-order valence-electron chi connectivity index (χ4n) is 1.85. The molecule has 0 radical (unpaired) electrons. The summed E-state index contributed by atoms with van der Waals surface area (Å²) in [5, 5.41) is 0. The van der Waals surface area contributed by atoms with Gasteiger partial charge in [-0.2, -0.15) is 0 Å². The van der Waals surface area contributed by atoms with Gasteiger partial charge in [-0.05, 0) is 24.3 Å². The first-order valence-corrected chi connectivity index (χ1v) is 6.29. The zero-order valence-electron chi connectivity index (χ0n) is 8.46. The van der Waals surface area contributed by atoms with Crippen molar-refractivity contribution in [1.29, 1.82) is 0 Å². The Bertz CT molecular complexity index is 506. The summed E-state index contributed by atoms with van der Waals surface area (Å²) in [6, 6.07) is 16.6. The highest BCUT2D eigenvalue weighted by atomic mass is 32.2. The molecule has 0 aliphatic carbocycles. The Morgan fingerprint density at radius 2 is 1.38 bits per heavy atom. The summed E-state index contributed by atoms with van der Waals surface area (Å²) in [6.45, 7) is 0. The second-order valence-corrected chi connectivity index (χ2v) is 4.81. The van der Waals surface area contributed by atoms with Crippen LogP contribution in [-0.2, 0) is 0 Å². The van der Waals surface area contributed by atoms with E-state index in [1.807, 2.05) is 12.1 Å². The van der Waals surface area contributed by atoms with E-state index in [-0.39, 0.29) is 0 Å². The van der Waals surface area contributed by atoms with E-state index in [1.54, 1.807) is 17.3 Å². The van der Waals surface area contributed by atoms with Crippen LogP contribution in [0.4, 0.5) is 11.4 Å². The molecule has 0 spiro atoms. The maximum absolute atomic E-state index is 5.12. The van der Waals surface area contributed by atoms with Gasteiger partial charge in [0, 0.05) is 9.79 Å². The van der Waals surface area contributed by atoms with Crippen LogP contribution in [-0.4, -0.2) is 5.49 Å². The number of rotatable bonds is 1. The lowest BCUT2D eigenvalue weighted by Crippen LogP contribution is -2.17. The van der Waals surface area contributed by atoms with Gasteiger partial charge in [0.1, 0.15) is 0 Å². The third-order valence-electron chi connectivity index (χ3n) is 2.57. The number of anilines is 2. The average Bonchev–Trinajstić information content (AvgIpc) is 2.36. The van der Waals surface area contributed by atoms with Crippen molar-refractivity contribution >= 4 is 40.8 Å². The Balaban J connectivity index is 2.23. The van der Waals surface area contributed by atoms with Crippen LogP contribution in [0, 0.1) is 0 Å². The van der Waals surface area contributed by atoms with Gasteiger partial charge in [0.25, 0.3) is 0 Å². The number of benzene rings is 2. The second kappa shape index (κ2) is 3.92. The van der Waals surface area contributed by atoms with E-state index >= 15 is 0 Å². The first-order valence-electron chi connectivity index (χ1n) is 5.00. The lowest BCUT2D eigenvalue weighted by Gasteiger charge is -2.28. The molecule has 0 aromatic heterocycles. The Labute approximate surface area is 104 Å². The molecule has 1 heterocycles. The third kappa shape index (κ3) is 1.44. The maximum atomic E-state index is 5.12. The van der Waals surface area contributed by atoms with Crippen LogP contribution in [0.15, 0.2) is 58.3 Å². The van der Waals surface area contributed by atoms with Crippen LogP contribution in [0.25, 0.3) is 0 Å². The predicted molar refractivity (Wildman–Crippen MR) is 72.8 cm³/mol. The standard InChI is InChI=1S/C13H9NS2/c15-9-14-10-5-1-3-7-12(10)16-13-8-4-2-6-11(13)14/h1-9H. The monoisotopic (exact) mass is 243 g/mol. The minimum Gasteiger partial charge on any atom is -0.305 e. The molecular formula is C13H9NS2. The van der Waals surface area contributed by atoms with E-state index < -0.39 is 0 Å². The molecule has 0 N–H and O–H groups in total. The highest BCUT2D eigenvalue weighted by molar-refractivity contribution is 7.99. The first-order chi connectivity index (χ1) is 7.90. The van der Waals surface area contributed by atoms with E-state index in [0.717, 1.165) is 0 Å². The van der Waals surface area contributed by atoms with Gasteiger partial charge in [0.2, 0.25) is 0 Å². The van der Waals surface area contributed by atoms with Crippen LogP contribution in [0.2, 0.25) is 0 Å². The maximum Gasteiger partial charge on any atom is 0.0732 e. The van der Waals surface area contributed by atoms with Gasteiger partial charge in [0.15, 0.2) is 0 Å². The third-order valence-corrected chi connectivity index (χ3v) is 3.92. The van der Waals surface area contributed by atoms with Crippen molar-refractivity contribution in [3.63, 3.8) is 0 Å². The number of nitrogens with zero attached hydrogens (tertiary/aromatic N) is 1. The number of thiocarbonyl (C=S) groups is 1. The Morgan fingerprint density at radius 3 is 1.88 bits per heavy atom. The van der Waals surface area contributed by atoms with Crippen molar-refractivity contribution in [3.05, 3.63) is 48.5 Å². The van der Waals surface area contributed by atoms with Crippen LogP contribution in [0.5, 0.6) is 0 Å². The zero-order valence-corrected chi connectivity index (χ0v) is 10.1. The highest BCUT2D eigenvalue weighted by Crippen LogP contribution is 2.47. The molecule has 3 heteroatoms. The Kier molecular flexibility index (Phi) is 2.42. The van der Waals surface area contributed by atoms with Crippen LogP contribution in [0.1, 0.15) is 0 Å². The van der Waals surface area contributed by atoms with Crippen LogP contribution < -0.4 is 4.90 Å². The summed E-state index contributed by atoms with van der Waals surface area (Å²) in [7, 11) is 0. The summed E-state index contributed by atoms with van der Waals surface area (Å²) in [4.78, 5) is 4.57. The Hall–Kier alpha value is -1.32. The molecule has 0 saturated carbocycles. The van der Waals surface area contributed by atoms with Gasteiger partial charge in [0.05, 0.1) is 16.9 Å². The first kappa shape index (κ1) is 9.87. The lowest BCUT2D eigenvalue weighted by molar-refractivity contribution is 1.23. The molecule has 0 unspecified atom stereocenters. The molecule has 0 fully saturated rings. The predicted octanol–water partition coefficient (Wildman–Crippen LogP) is 4.25. The quantitative estimate of drug-likeness (QED) is 0.689. The average molecular weight is 243 g/mol. The molecule has 78 valence electrons. The Morgan fingerprint density at radius 1 is 0.875 bits per heavy atom. The molecule has 16 heavy (non-hydrogen) atoms. The topological polar surface area (TPSA) is 3.24 Å². The van der Waals surface area contributed by atoms with Gasteiger partial charge < -0.3 is 4.90 Å². The van der Waals surface area contributed by atoms with Gasteiger partial charge in [-0.3, -0.25) is 0 Å². The van der Waals surface area contributed by atoms with Gasteiger partial charge >= 0.3 is 0 Å². The number of fused-ring (bicyclic) bond motifs is 2. The van der Waals surface area contributed by atoms with Crippen molar-refractivity contribution in [2.45, 2.75) is 9.79 Å². The number of hydrogen-bond donors (Lipinski definition) is 0. The van der Waals surface area contributed by atoms with E-state index in [9.17, 15) is 0 Å². The molecule has 1 nitrogen and oxygen atoms in total. The minimum absolute atomic E-state index is 1.17. The number of para-hydroxylation sites is 2. The molecule has 0 bridgehead atoms. The summed E-state index contributed by atoms with van der Waals surface area (Å²) >= 11 is 6.91. The van der Waals surface area contributed by atoms with E-state index in [2.05, 4.69) is 41.3 Å². The second-order valence-electron chi connectivity index (χ2n) is 3.51. The van der Waals surface area contributed by atoms with Crippen molar-refractivity contribution in [2.75, 3.05) is 4.90 Å². The molecular weight excluding hydrogens is 234 g/mol. The molecule has 2 aromatic rings. The summed E-state index contributed by atoms with van der Waals surface area (Å²) in [6.07, 6.45) is 0. The fourth-order valence-corrected chi connectivity index (χ4v) is 3.15. The van der Waals surface area contributed by atoms with E-state index in [4.69, 9.17) is 12.2 Å². The van der Waals surface area contributed by atoms with Crippen molar-refractivity contribution in [2.24, 2.45) is 0 Å².